The Kier molecular flexibility index (Phi) is 5.13. The summed E-state index contributed by atoms with van der Waals surface area (Å²) in [4.78, 5) is 12.6. The highest BCUT2D eigenvalue weighted by atomic mass is 35.5. The minimum absolute atomic E-state index is 0.142. The topological polar surface area (TPSA) is 64.7 Å². The fraction of sp³-hybridized carbons (Fsp3) is 0.316. The summed E-state index contributed by atoms with van der Waals surface area (Å²) in [5.74, 6) is -0.142. The second-order valence-corrected chi connectivity index (χ2v) is 6.88. The Morgan fingerprint density at radius 1 is 1.27 bits per heavy atom. The van der Waals surface area contributed by atoms with E-state index in [2.05, 4.69) is 15.5 Å². The largest absolute Gasteiger partial charge is 0.324 e. The van der Waals surface area contributed by atoms with E-state index in [9.17, 15) is 4.79 Å². The van der Waals surface area contributed by atoms with Crippen molar-refractivity contribution in [3.63, 3.8) is 0 Å². The van der Waals surface area contributed by atoms with Crippen LogP contribution in [0.15, 0.2) is 36.5 Å². The molecule has 0 spiro atoms. The van der Waals surface area contributed by atoms with Crippen LogP contribution >= 0.6 is 11.6 Å². The molecule has 1 amide bonds. The number of aryl methyl sites for hydroxylation is 2. The molecule has 0 radical (unpaired) electrons. The summed E-state index contributed by atoms with van der Waals surface area (Å²) in [6.07, 6.45) is 1.55. The first-order chi connectivity index (χ1) is 12.3. The molecule has 0 aliphatic rings. The van der Waals surface area contributed by atoms with Gasteiger partial charge in [0.25, 0.3) is 0 Å². The van der Waals surface area contributed by atoms with Gasteiger partial charge in [-0.1, -0.05) is 23.7 Å². The van der Waals surface area contributed by atoms with Crippen LogP contribution in [-0.4, -0.2) is 25.5 Å². The predicted molar refractivity (Wildman–Crippen MR) is 103 cm³/mol. The summed E-state index contributed by atoms with van der Waals surface area (Å²) in [6.45, 7) is 8.31. The van der Waals surface area contributed by atoms with E-state index in [4.69, 9.17) is 11.6 Å². The summed E-state index contributed by atoms with van der Waals surface area (Å²) in [7, 11) is 0. The molecule has 0 aliphatic heterocycles. The number of nitrogens with one attached hydrogen (secondary N) is 1. The summed E-state index contributed by atoms with van der Waals surface area (Å²) in [5.41, 5.74) is 4.69. The quantitative estimate of drug-likeness (QED) is 0.739. The van der Waals surface area contributed by atoms with Gasteiger partial charge in [0.2, 0.25) is 5.91 Å². The van der Waals surface area contributed by atoms with Gasteiger partial charge in [-0.2, -0.15) is 10.2 Å². The molecule has 2 heterocycles. The van der Waals surface area contributed by atoms with Crippen LogP contribution in [0, 0.1) is 20.8 Å². The van der Waals surface area contributed by atoms with E-state index in [0.29, 0.717) is 11.6 Å². The highest BCUT2D eigenvalue weighted by Crippen LogP contribution is 2.20. The van der Waals surface area contributed by atoms with Crippen molar-refractivity contribution in [1.29, 1.82) is 0 Å². The van der Waals surface area contributed by atoms with E-state index >= 15 is 0 Å². The first-order valence-electron chi connectivity index (χ1n) is 8.45. The molecule has 0 saturated carbocycles. The molecule has 6 nitrogen and oxygen atoms in total. The van der Waals surface area contributed by atoms with Crippen molar-refractivity contribution in [1.82, 2.24) is 19.6 Å². The van der Waals surface area contributed by atoms with Crippen LogP contribution < -0.4 is 5.32 Å². The van der Waals surface area contributed by atoms with Gasteiger partial charge in [-0.3, -0.25) is 14.2 Å². The monoisotopic (exact) mass is 371 g/mol. The lowest BCUT2D eigenvalue weighted by Gasteiger charge is -2.15. The fourth-order valence-corrected chi connectivity index (χ4v) is 3.04. The van der Waals surface area contributed by atoms with Crippen molar-refractivity contribution < 1.29 is 4.79 Å². The number of amides is 1. The molecule has 1 unspecified atom stereocenters. The summed E-state index contributed by atoms with van der Waals surface area (Å²) in [6, 6.07) is 9.37. The third-order valence-electron chi connectivity index (χ3n) is 4.36. The van der Waals surface area contributed by atoms with Gasteiger partial charge < -0.3 is 5.32 Å². The first-order valence-corrected chi connectivity index (χ1v) is 8.83. The Hall–Kier alpha value is -2.60. The Morgan fingerprint density at radius 2 is 2.04 bits per heavy atom. The smallest absolute Gasteiger partial charge is 0.248 e. The van der Waals surface area contributed by atoms with Crippen molar-refractivity contribution in [3.05, 3.63) is 64.2 Å². The SMILES string of the molecule is Cc1cc(C)n(Cc2cccc(NC(=O)C(C)n3ncc(Cl)c3C)c2)n1. The zero-order chi connectivity index (χ0) is 18.8. The Bertz CT molecular complexity index is 943. The van der Waals surface area contributed by atoms with Gasteiger partial charge in [0.1, 0.15) is 6.04 Å². The number of anilines is 1. The van der Waals surface area contributed by atoms with Gasteiger partial charge in [-0.05, 0) is 51.5 Å². The lowest BCUT2D eigenvalue weighted by atomic mass is 10.2. The molecule has 2 aromatic heterocycles. The van der Waals surface area contributed by atoms with Crippen molar-refractivity contribution in [2.24, 2.45) is 0 Å². The number of rotatable bonds is 5. The molecule has 0 fully saturated rings. The highest BCUT2D eigenvalue weighted by molar-refractivity contribution is 6.31. The molecule has 136 valence electrons. The maximum Gasteiger partial charge on any atom is 0.248 e. The summed E-state index contributed by atoms with van der Waals surface area (Å²) >= 11 is 6.03. The second-order valence-electron chi connectivity index (χ2n) is 6.47. The Balaban J connectivity index is 1.73. The van der Waals surface area contributed by atoms with Crippen molar-refractivity contribution in [2.75, 3.05) is 5.32 Å². The van der Waals surface area contributed by atoms with Crippen molar-refractivity contribution >= 4 is 23.2 Å². The van der Waals surface area contributed by atoms with E-state index in [-0.39, 0.29) is 5.91 Å². The highest BCUT2D eigenvalue weighted by Gasteiger charge is 2.19. The lowest BCUT2D eigenvalue weighted by Crippen LogP contribution is -2.25. The molecule has 1 N–H and O–H groups in total. The van der Waals surface area contributed by atoms with Gasteiger partial charge in [0.15, 0.2) is 0 Å². The molecule has 0 aliphatic carbocycles. The third kappa shape index (κ3) is 3.80. The number of aromatic nitrogens is 4. The number of hydrogen-bond acceptors (Lipinski definition) is 3. The number of halogens is 1. The molecule has 3 aromatic rings. The molecule has 3 rings (SSSR count). The Labute approximate surface area is 157 Å². The number of benzene rings is 1. The van der Waals surface area contributed by atoms with Crippen LogP contribution in [0.5, 0.6) is 0 Å². The zero-order valence-corrected chi connectivity index (χ0v) is 16.1. The number of hydrogen-bond donors (Lipinski definition) is 1. The minimum atomic E-state index is -0.456. The average molecular weight is 372 g/mol. The first kappa shape index (κ1) is 18.2. The maximum absolute atomic E-state index is 12.6. The fourth-order valence-electron chi connectivity index (χ4n) is 2.91. The van der Waals surface area contributed by atoms with E-state index in [1.807, 2.05) is 55.8 Å². The van der Waals surface area contributed by atoms with E-state index in [0.717, 1.165) is 28.3 Å². The molecule has 1 atom stereocenters. The predicted octanol–water partition coefficient (Wildman–Crippen LogP) is 3.91. The van der Waals surface area contributed by atoms with Gasteiger partial charge in [-0.25, -0.2) is 0 Å². The van der Waals surface area contributed by atoms with E-state index < -0.39 is 6.04 Å². The molecule has 26 heavy (non-hydrogen) atoms. The van der Waals surface area contributed by atoms with Gasteiger partial charge in [-0.15, -0.1) is 0 Å². The molecule has 0 bridgehead atoms. The normalized spacial score (nSPS) is 12.2. The van der Waals surface area contributed by atoms with E-state index in [1.165, 1.54) is 0 Å². The van der Waals surface area contributed by atoms with E-state index in [1.54, 1.807) is 17.8 Å². The molecule has 0 saturated heterocycles. The number of carbonyl (C=O) groups is 1. The second kappa shape index (κ2) is 7.33. The molecular formula is C19H22ClN5O. The Morgan fingerprint density at radius 3 is 2.65 bits per heavy atom. The van der Waals surface area contributed by atoms with Crippen LogP contribution in [-0.2, 0) is 11.3 Å². The standard InChI is InChI=1S/C19H22ClN5O/c1-12-8-13(2)24(23-12)11-16-6-5-7-17(9-16)22-19(26)15(4)25-14(3)18(20)10-21-25/h5-10,15H,11H2,1-4H3,(H,22,26). The van der Waals surface area contributed by atoms with Crippen molar-refractivity contribution in [3.8, 4) is 0 Å². The van der Waals surface area contributed by atoms with Crippen LogP contribution in [0.4, 0.5) is 5.69 Å². The lowest BCUT2D eigenvalue weighted by molar-refractivity contribution is -0.119. The zero-order valence-electron chi connectivity index (χ0n) is 15.3. The molecule has 1 aromatic carbocycles. The third-order valence-corrected chi connectivity index (χ3v) is 4.73. The van der Waals surface area contributed by atoms with Crippen molar-refractivity contribution in [2.45, 2.75) is 40.3 Å². The summed E-state index contributed by atoms with van der Waals surface area (Å²) in [5, 5.41) is 12.2. The number of carbonyl (C=O) groups excluding carboxylic acids is 1. The van der Waals surface area contributed by atoms with Crippen LogP contribution in [0.25, 0.3) is 0 Å². The molecule has 7 heteroatoms. The summed E-state index contributed by atoms with van der Waals surface area (Å²) < 4.78 is 3.57. The minimum Gasteiger partial charge on any atom is -0.324 e. The van der Waals surface area contributed by atoms with Crippen LogP contribution in [0.2, 0.25) is 5.02 Å². The van der Waals surface area contributed by atoms with Gasteiger partial charge >= 0.3 is 0 Å². The molecular weight excluding hydrogens is 350 g/mol. The van der Waals surface area contributed by atoms with Gasteiger partial charge in [0, 0.05) is 11.4 Å². The van der Waals surface area contributed by atoms with Gasteiger partial charge in [0.05, 0.1) is 29.2 Å². The average Bonchev–Trinajstić information content (AvgIpc) is 3.09. The van der Waals surface area contributed by atoms with Crippen LogP contribution in [0.1, 0.15) is 35.6 Å². The number of nitrogens with zero attached hydrogens (tertiary/aromatic N) is 4. The maximum atomic E-state index is 12.6. The van der Waals surface area contributed by atoms with Crippen LogP contribution in [0.3, 0.4) is 0 Å².